The highest BCUT2D eigenvalue weighted by Crippen LogP contribution is 2.21. The maximum Gasteiger partial charge on any atom is 0.256 e. The molecule has 1 N–H and O–H groups in total. The molecule has 0 unspecified atom stereocenters. The van der Waals surface area contributed by atoms with E-state index in [4.69, 9.17) is 0 Å². The van der Waals surface area contributed by atoms with E-state index < -0.39 is 0 Å². The Bertz CT molecular complexity index is 717. The molecule has 0 bridgehead atoms. The highest BCUT2D eigenvalue weighted by Gasteiger charge is 2.17. The SMILES string of the molecule is Cc1[nH]c(=O)c2cc(F)ccc2c1CN1CCN(C)CC1. The monoisotopic (exact) mass is 289 g/mol. The van der Waals surface area contributed by atoms with Crippen LogP contribution in [-0.4, -0.2) is 48.0 Å². The third-order valence-electron chi connectivity index (χ3n) is 4.28. The van der Waals surface area contributed by atoms with Crippen LogP contribution >= 0.6 is 0 Å². The average molecular weight is 289 g/mol. The van der Waals surface area contributed by atoms with Gasteiger partial charge in [-0.2, -0.15) is 0 Å². The quantitative estimate of drug-likeness (QED) is 0.915. The van der Waals surface area contributed by atoms with Gasteiger partial charge in [0.15, 0.2) is 0 Å². The number of pyridine rings is 1. The maximum atomic E-state index is 13.4. The summed E-state index contributed by atoms with van der Waals surface area (Å²) in [6.07, 6.45) is 0. The minimum atomic E-state index is -0.373. The van der Waals surface area contributed by atoms with Crippen LogP contribution in [0.15, 0.2) is 23.0 Å². The van der Waals surface area contributed by atoms with Crippen molar-refractivity contribution < 1.29 is 4.39 Å². The van der Waals surface area contributed by atoms with Gasteiger partial charge in [0.1, 0.15) is 5.82 Å². The fourth-order valence-electron chi connectivity index (χ4n) is 2.92. The molecule has 112 valence electrons. The van der Waals surface area contributed by atoms with E-state index in [0.29, 0.717) is 5.39 Å². The fourth-order valence-corrected chi connectivity index (χ4v) is 2.92. The Morgan fingerprint density at radius 2 is 1.90 bits per heavy atom. The summed E-state index contributed by atoms with van der Waals surface area (Å²) in [5.41, 5.74) is 1.75. The number of likely N-dealkylation sites (N-methyl/N-ethyl adjacent to an activating group) is 1. The first-order valence-electron chi connectivity index (χ1n) is 7.26. The first-order valence-corrected chi connectivity index (χ1v) is 7.26. The molecule has 5 heteroatoms. The Morgan fingerprint density at radius 1 is 1.19 bits per heavy atom. The number of piperazine rings is 1. The van der Waals surface area contributed by atoms with Crippen LogP contribution in [0.2, 0.25) is 0 Å². The van der Waals surface area contributed by atoms with Gasteiger partial charge in [0.05, 0.1) is 5.39 Å². The lowest BCUT2D eigenvalue weighted by atomic mass is 10.0. The van der Waals surface area contributed by atoms with Crippen molar-refractivity contribution in [2.45, 2.75) is 13.5 Å². The molecule has 1 aliphatic rings. The lowest BCUT2D eigenvalue weighted by molar-refractivity contribution is 0.148. The molecule has 3 rings (SSSR count). The van der Waals surface area contributed by atoms with Crippen LogP contribution in [0.1, 0.15) is 11.3 Å². The van der Waals surface area contributed by atoms with E-state index in [-0.39, 0.29) is 11.4 Å². The van der Waals surface area contributed by atoms with Gasteiger partial charge in [0, 0.05) is 38.4 Å². The first-order chi connectivity index (χ1) is 10.0. The molecule has 2 aromatic rings. The normalized spacial score (nSPS) is 17.5. The molecule has 0 spiro atoms. The van der Waals surface area contributed by atoms with Crippen molar-refractivity contribution in [1.29, 1.82) is 0 Å². The third-order valence-corrected chi connectivity index (χ3v) is 4.28. The molecular formula is C16H20FN3O. The van der Waals surface area contributed by atoms with Crippen LogP contribution < -0.4 is 5.56 Å². The van der Waals surface area contributed by atoms with E-state index >= 15 is 0 Å². The lowest BCUT2D eigenvalue weighted by Crippen LogP contribution is -2.44. The van der Waals surface area contributed by atoms with E-state index in [2.05, 4.69) is 21.8 Å². The largest absolute Gasteiger partial charge is 0.326 e. The minimum absolute atomic E-state index is 0.218. The summed E-state index contributed by atoms with van der Waals surface area (Å²) in [4.78, 5) is 19.5. The van der Waals surface area contributed by atoms with Crippen molar-refractivity contribution >= 4 is 10.8 Å². The van der Waals surface area contributed by atoms with Gasteiger partial charge in [0.2, 0.25) is 0 Å². The van der Waals surface area contributed by atoms with Crippen molar-refractivity contribution in [1.82, 2.24) is 14.8 Å². The van der Waals surface area contributed by atoms with Crippen LogP contribution in [0.5, 0.6) is 0 Å². The molecule has 0 atom stereocenters. The zero-order valence-electron chi connectivity index (χ0n) is 12.4. The molecule has 1 fully saturated rings. The molecule has 0 amide bonds. The topological polar surface area (TPSA) is 39.3 Å². The molecule has 1 aromatic carbocycles. The number of fused-ring (bicyclic) bond motifs is 1. The maximum absolute atomic E-state index is 13.4. The van der Waals surface area contributed by atoms with Crippen molar-refractivity contribution in [3.05, 3.63) is 45.6 Å². The van der Waals surface area contributed by atoms with E-state index in [9.17, 15) is 9.18 Å². The molecule has 1 aliphatic heterocycles. The van der Waals surface area contributed by atoms with Crippen LogP contribution in [0.25, 0.3) is 10.8 Å². The standard InChI is InChI=1S/C16H20FN3O/c1-11-15(10-20-7-5-19(2)6-8-20)13-4-3-12(17)9-14(13)16(21)18-11/h3-4,9H,5-8,10H2,1-2H3,(H,18,21). The van der Waals surface area contributed by atoms with Gasteiger partial charge in [-0.25, -0.2) is 4.39 Å². The molecule has 4 nitrogen and oxygen atoms in total. The second-order valence-corrected chi connectivity index (χ2v) is 5.83. The lowest BCUT2D eigenvalue weighted by Gasteiger charge is -2.32. The number of rotatable bonds is 2. The van der Waals surface area contributed by atoms with E-state index in [1.165, 1.54) is 12.1 Å². The highest BCUT2D eigenvalue weighted by atomic mass is 19.1. The number of aryl methyl sites for hydroxylation is 1. The van der Waals surface area contributed by atoms with Crippen LogP contribution in [0.4, 0.5) is 4.39 Å². The molecule has 1 saturated heterocycles. The van der Waals surface area contributed by atoms with Crippen molar-refractivity contribution in [3.8, 4) is 0 Å². The number of nitrogens with zero attached hydrogens (tertiary/aromatic N) is 2. The van der Waals surface area contributed by atoms with E-state index in [0.717, 1.165) is 49.4 Å². The zero-order valence-corrected chi connectivity index (χ0v) is 12.4. The van der Waals surface area contributed by atoms with Crippen molar-refractivity contribution in [2.75, 3.05) is 33.2 Å². The summed E-state index contributed by atoms with van der Waals surface area (Å²) >= 11 is 0. The number of halogens is 1. The summed E-state index contributed by atoms with van der Waals surface area (Å²) < 4.78 is 13.4. The van der Waals surface area contributed by atoms with Gasteiger partial charge in [0.25, 0.3) is 5.56 Å². The second-order valence-electron chi connectivity index (χ2n) is 5.83. The van der Waals surface area contributed by atoms with Gasteiger partial charge in [-0.05, 0) is 37.1 Å². The molecule has 2 heterocycles. The molecule has 0 radical (unpaired) electrons. The summed E-state index contributed by atoms with van der Waals surface area (Å²) in [5, 5.41) is 1.29. The zero-order chi connectivity index (χ0) is 15.0. The summed E-state index contributed by atoms with van der Waals surface area (Å²) in [6, 6.07) is 4.47. The van der Waals surface area contributed by atoms with Crippen molar-refractivity contribution in [3.63, 3.8) is 0 Å². The van der Waals surface area contributed by atoms with Crippen LogP contribution in [-0.2, 0) is 6.54 Å². The number of aromatic nitrogens is 1. The Kier molecular flexibility index (Phi) is 3.78. The predicted octanol–water partition coefficient (Wildman–Crippen LogP) is 1.72. The Labute approximate surface area is 123 Å². The van der Waals surface area contributed by atoms with Gasteiger partial charge >= 0.3 is 0 Å². The second kappa shape index (κ2) is 5.58. The number of aromatic amines is 1. The number of benzene rings is 1. The summed E-state index contributed by atoms with van der Waals surface area (Å²) in [6.45, 7) is 6.83. The molecular weight excluding hydrogens is 269 g/mol. The Hall–Kier alpha value is -1.72. The minimum Gasteiger partial charge on any atom is -0.326 e. The Morgan fingerprint density at radius 3 is 2.62 bits per heavy atom. The van der Waals surface area contributed by atoms with Crippen LogP contribution in [0.3, 0.4) is 0 Å². The fraction of sp³-hybridized carbons (Fsp3) is 0.438. The first kappa shape index (κ1) is 14.2. The smallest absolute Gasteiger partial charge is 0.256 e. The predicted molar refractivity (Wildman–Crippen MR) is 82.0 cm³/mol. The summed E-state index contributed by atoms with van der Waals surface area (Å²) in [5.74, 6) is -0.373. The number of H-pyrrole nitrogens is 1. The Balaban J connectivity index is 2.00. The van der Waals surface area contributed by atoms with Gasteiger partial charge < -0.3 is 9.88 Å². The number of hydrogen-bond acceptors (Lipinski definition) is 3. The average Bonchev–Trinajstić information content (AvgIpc) is 2.46. The molecule has 21 heavy (non-hydrogen) atoms. The van der Waals surface area contributed by atoms with E-state index in [1.54, 1.807) is 6.07 Å². The summed E-state index contributed by atoms with van der Waals surface area (Å²) in [7, 11) is 2.13. The van der Waals surface area contributed by atoms with E-state index in [1.807, 2.05) is 6.92 Å². The molecule has 0 aliphatic carbocycles. The van der Waals surface area contributed by atoms with Gasteiger partial charge in [-0.15, -0.1) is 0 Å². The number of nitrogens with one attached hydrogen (secondary N) is 1. The number of hydrogen-bond donors (Lipinski definition) is 1. The molecule has 0 saturated carbocycles. The van der Waals surface area contributed by atoms with Crippen molar-refractivity contribution in [2.24, 2.45) is 0 Å². The molecule has 1 aromatic heterocycles. The van der Waals surface area contributed by atoms with Crippen LogP contribution in [0, 0.1) is 12.7 Å². The third kappa shape index (κ3) is 2.84. The highest BCUT2D eigenvalue weighted by molar-refractivity contribution is 5.85. The van der Waals surface area contributed by atoms with Gasteiger partial charge in [-0.3, -0.25) is 9.69 Å². The van der Waals surface area contributed by atoms with Gasteiger partial charge in [-0.1, -0.05) is 6.07 Å².